The number of rotatable bonds is 6. The molecule has 7 heterocycles. The molecule has 7 rings (SSSR count). The van der Waals surface area contributed by atoms with Crippen LogP contribution in [0.5, 0.6) is 0 Å². The molecule has 7 saturated heterocycles. The average molecular weight is 1160 g/mol. The first kappa shape index (κ1) is 93.7. The average Bonchev–Trinajstić information content (AvgIpc) is 4.19. The van der Waals surface area contributed by atoms with Gasteiger partial charge in [0, 0.05) is 142 Å². The van der Waals surface area contributed by atoms with Crippen molar-refractivity contribution in [1.29, 1.82) is 0 Å². The number of primary amides is 1. The van der Waals surface area contributed by atoms with Crippen LogP contribution in [-0.4, -0.2) is 316 Å². The molecule has 0 bridgehead atoms. The Morgan fingerprint density at radius 1 is 0.550 bits per heavy atom. The Kier molecular flexibility index (Phi) is 87.0. The molecule has 0 radical (unpaired) electrons. The Morgan fingerprint density at radius 3 is 1.11 bits per heavy atom. The van der Waals surface area contributed by atoms with Crippen LogP contribution in [0.15, 0.2) is 78.9 Å². The lowest BCUT2D eigenvalue weighted by Crippen LogP contribution is -2.49. The molecule has 482 valence electrons. The molecule has 0 aromatic rings. The molecule has 19 heteroatoms. The molecule has 0 spiro atoms. The summed E-state index contributed by atoms with van der Waals surface area (Å²) in [5.41, 5.74) is 5.08. The van der Waals surface area contributed by atoms with Crippen LogP contribution in [0, 0.1) is 11.8 Å². The van der Waals surface area contributed by atoms with E-state index in [1.165, 1.54) is 109 Å². The predicted molar refractivity (Wildman–Crippen MR) is 356 cm³/mol. The molecule has 3 atom stereocenters. The molecule has 0 aliphatic carbocycles. The van der Waals surface area contributed by atoms with E-state index in [9.17, 15) is 13.6 Å². The summed E-state index contributed by atoms with van der Waals surface area (Å²) < 4.78 is 32.3. The van der Waals surface area contributed by atoms with E-state index in [1.807, 2.05) is 14.1 Å². The number of hydrogen-bond acceptors (Lipinski definition) is 15. The number of likely N-dealkylation sites (N-methyl/N-ethyl adjacent to an activating group) is 7. The van der Waals surface area contributed by atoms with Crippen molar-refractivity contribution in [3.05, 3.63) is 78.9 Å². The summed E-state index contributed by atoms with van der Waals surface area (Å²) in [5.74, 6) is 1.76. The highest BCUT2D eigenvalue weighted by Crippen LogP contribution is 2.09. The SMILES string of the molecule is C=C.C=C.C=C.C=C.C=C.C=C.CC1CCNC1.CC1CCOC1.CCCCN(C)C.CCN(C)C.CCN1CCN(C)CC1.CN1CCN(C(N)=O)CC1.CN1CCN(C)CC1.CN1CCN(S(=O)[O-])CC1.CN1CCOCC1. The van der Waals surface area contributed by atoms with Crippen LogP contribution in [0.4, 0.5) is 4.79 Å². The number of nitrogens with two attached hydrogens (primary N) is 1. The van der Waals surface area contributed by atoms with Crippen LogP contribution in [-0.2, 0) is 20.7 Å². The van der Waals surface area contributed by atoms with Crippen LogP contribution in [0.3, 0.4) is 0 Å². The highest BCUT2D eigenvalue weighted by atomic mass is 32.2. The van der Waals surface area contributed by atoms with E-state index in [1.54, 1.807) is 4.90 Å². The van der Waals surface area contributed by atoms with Gasteiger partial charge in [-0.3, -0.25) is 4.21 Å². The van der Waals surface area contributed by atoms with Gasteiger partial charge in [-0.1, -0.05) is 41.0 Å². The number of carbonyl (C=O) groups is 1. The van der Waals surface area contributed by atoms with E-state index in [4.69, 9.17) is 15.2 Å². The van der Waals surface area contributed by atoms with Crippen LogP contribution >= 0.6 is 0 Å². The summed E-state index contributed by atoms with van der Waals surface area (Å²) in [6.45, 7) is 75.4. The fourth-order valence-electron chi connectivity index (χ4n) is 6.61. The van der Waals surface area contributed by atoms with Crippen molar-refractivity contribution < 1.29 is 23.0 Å². The minimum atomic E-state index is -2.01. The zero-order valence-corrected chi connectivity index (χ0v) is 56.3. The third-order valence-corrected chi connectivity index (χ3v) is 13.3. The van der Waals surface area contributed by atoms with E-state index >= 15 is 0 Å². The van der Waals surface area contributed by atoms with Gasteiger partial charge in [-0.05, 0) is 134 Å². The molecule has 0 aromatic carbocycles. The quantitative estimate of drug-likeness (QED) is 0.212. The van der Waals surface area contributed by atoms with Crippen molar-refractivity contribution in [3.8, 4) is 0 Å². The van der Waals surface area contributed by atoms with Crippen molar-refractivity contribution >= 4 is 17.3 Å². The van der Waals surface area contributed by atoms with E-state index in [2.05, 4.69) is 219 Å². The maximum absolute atomic E-state index is 10.6. The van der Waals surface area contributed by atoms with Crippen molar-refractivity contribution in [2.75, 3.05) is 247 Å². The molecule has 3 unspecified atom stereocenters. The van der Waals surface area contributed by atoms with E-state index < -0.39 is 11.3 Å². The summed E-state index contributed by atoms with van der Waals surface area (Å²) in [6, 6.07) is -0.298. The topological polar surface area (TPSA) is 149 Å². The minimum absolute atomic E-state index is 0.298. The van der Waals surface area contributed by atoms with E-state index in [-0.39, 0.29) is 6.03 Å². The normalized spacial score (nSPS) is 20.6. The molecular formula is C61H136N13O5S-. The third kappa shape index (κ3) is 73.3. The first-order valence-electron chi connectivity index (χ1n) is 29.1. The lowest BCUT2D eigenvalue weighted by molar-refractivity contribution is 0.0503. The highest BCUT2D eigenvalue weighted by molar-refractivity contribution is 7.76. The fourth-order valence-corrected chi connectivity index (χ4v) is 7.08. The molecule has 18 nitrogen and oxygen atoms in total. The summed E-state index contributed by atoms with van der Waals surface area (Å²) in [6.07, 6.45) is 5.27. The lowest BCUT2D eigenvalue weighted by atomic mass is 10.2. The van der Waals surface area contributed by atoms with Gasteiger partial charge in [-0.15, -0.1) is 78.9 Å². The standard InChI is InChI=1S/C7H16N2.C6H13N3O.C6H14N2.C6H15N.C5H12N2O2S.C5H11NO.C5H11N.C5H10O.C4H11N.6C2H4/c1-3-9-6-4-8(2)5-7-9;1-8-2-4-9(5-3-8)6(7)10;1-7-3-5-8(2)6-4-7;1-4-5-6-7(2)3;1-6-2-4-7(5-3-6)10(8)9;1-6-2-4-7-5-3-6;2*1-5-2-3-6-4-5;1-4-5(2)3;6*1-2/h3-7H2,1-2H3;2-5H2,1H3,(H2,7,10);3-6H2,1-2H3;4-6H2,1-3H3;2-5H2,1H3,(H,8,9);2-5H2,1H3;5-6H,2-4H2,1H3;5H,2-4H2,1H3;4H2,1-3H3;6*1-2H2/p-1. The second kappa shape index (κ2) is 74.3. The number of urea groups is 1. The van der Waals surface area contributed by atoms with Gasteiger partial charge >= 0.3 is 6.03 Å². The fraction of sp³-hybridized carbons (Fsp3) is 0.787. The summed E-state index contributed by atoms with van der Waals surface area (Å²) in [4.78, 5) is 32.7. The van der Waals surface area contributed by atoms with Gasteiger partial charge in [0.2, 0.25) is 0 Å². The van der Waals surface area contributed by atoms with Gasteiger partial charge in [0.15, 0.2) is 0 Å². The molecule has 7 aliphatic rings. The Morgan fingerprint density at radius 2 is 0.912 bits per heavy atom. The van der Waals surface area contributed by atoms with Gasteiger partial charge in [0.1, 0.15) is 0 Å². The number of piperazine rings is 4. The largest absolute Gasteiger partial charge is 0.760 e. The predicted octanol–water partition coefficient (Wildman–Crippen LogP) is 6.79. The Bertz CT molecular complexity index is 1140. The molecule has 7 fully saturated rings. The number of carbonyl (C=O) groups excluding carboxylic acids is 1. The molecule has 0 aromatic heterocycles. The molecule has 2 amide bonds. The number of amides is 2. The minimum Gasteiger partial charge on any atom is -0.760 e. The zero-order valence-electron chi connectivity index (χ0n) is 55.5. The van der Waals surface area contributed by atoms with Crippen LogP contribution in [0.1, 0.15) is 60.3 Å². The van der Waals surface area contributed by atoms with Gasteiger partial charge in [-0.25, -0.2) is 9.10 Å². The van der Waals surface area contributed by atoms with Gasteiger partial charge in [0.25, 0.3) is 0 Å². The second-order valence-electron chi connectivity index (χ2n) is 20.0. The summed E-state index contributed by atoms with van der Waals surface area (Å²) in [5, 5.41) is 3.27. The van der Waals surface area contributed by atoms with Crippen LogP contribution < -0.4 is 11.1 Å². The van der Waals surface area contributed by atoms with Gasteiger partial charge in [0.05, 0.1) is 13.2 Å². The first-order valence-corrected chi connectivity index (χ1v) is 30.1. The molecular weight excluding hydrogens is 1030 g/mol. The number of hydrogen-bond donors (Lipinski definition) is 2. The Balaban J connectivity index is -0.000000119. The molecule has 3 N–H and O–H groups in total. The molecule has 0 saturated carbocycles. The third-order valence-electron chi connectivity index (χ3n) is 12.5. The van der Waals surface area contributed by atoms with Crippen molar-refractivity contribution in [1.82, 2.24) is 58.6 Å². The zero-order chi connectivity index (χ0) is 63.7. The van der Waals surface area contributed by atoms with Gasteiger partial charge in [-0.2, -0.15) is 0 Å². The van der Waals surface area contributed by atoms with E-state index in [0.717, 1.165) is 97.2 Å². The van der Waals surface area contributed by atoms with Crippen molar-refractivity contribution in [2.24, 2.45) is 17.6 Å². The Hall–Kier alpha value is -2.70. The second-order valence-corrected chi connectivity index (χ2v) is 20.9. The monoisotopic (exact) mass is 1160 g/mol. The number of ether oxygens (including phenoxy) is 2. The maximum atomic E-state index is 10.6. The van der Waals surface area contributed by atoms with E-state index in [0.29, 0.717) is 13.1 Å². The molecule has 7 aliphatic heterocycles. The number of nitrogens with zero attached hydrogens (tertiary/aromatic N) is 11. The first-order chi connectivity index (χ1) is 38.2. The Labute approximate surface area is 501 Å². The van der Waals surface area contributed by atoms with Crippen LogP contribution in [0.25, 0.3) is 0 Å². The van der Waals surface area contributed by atoms with Crippen LogP contribution in [0.2, 0.25) is 0 Å². The number of morpholine rings is 1. The van der Waals surface area contributed by atoms with Crippen molar-refractivity contribution in [3.63, 3.8) is 0 Å². The summed E-state index contributed by atoms with van der Waals surface area (Å²) in [7, 11) is 21.0. The summed E-state index contributed by atoms with van der Waals surface area (Å²) >= 11 is -2.01. The number of nitrogens with one attached hydrogen (secondary N) is 1. The highest BCUT2D eigenvalue weighted by Gasteiger charge is 2.16. The van der Waals surface area contributed by atoms with Gasteiger partial charge < -0.3 is 74.1 Å². The van der Waals surface area contributed by atoms with Crippen molar-refractivity contribution in [2.45, 2.75) is 60.3 Å². The lowest BCUT2D eigenvalue weighted by Gasteiger charge is -2.32. The smallest absolute Gasteiger partial charge is 0.314 e. The maximum Gasteiger partial charge on any atom is 0.314 e. The number of unbranched alkanes of at least 4 members (excludes halogenated alkanes) is 1. The molecule has 80 heavy (non-hydrogen) atoms.